The van der Waals surface area contributed by atoms with Crippen LogP contribution < -0.4 is 9.47 Å². The van der Waals surface area contributed by atoms with Gasteiger partial charge in [-0.3, -0.25) is 0 Å². The quantitative estimate of drug-likeness (QED) is 0.849. The zero-order valence-corrected chi connectivity index (χ0v) is 11.2. The molecule has 0 saturated heterocycles. The highest BCUT2D eigenvalue weighted by Gasteiger charge is 2.16. The van der Waals surface area contributed by atoms with E-state index in [-0.39, 0.29) is 0 Å². The molecule has 1 aromatic carbocycles. The van der Waals surface area contributed by atoms with Crippen molar-refractivity contribution in [1.29, 1.82) is 0 Å². The van der Waals surface area contributed by atoms with Crippen LogP contribution in [0, 0.1) is 0 Å². The second kappa shape index (κ2) is 5.06. The molecular formula is C12H16BrNO2. The average Bonchev–Trinajstić information content (AvgIpc) is 2.65. The van der Waals surface area contributed by atoms with Crippen molar-refractivity contribution in [2.45, 2.75) is 19.9 Å². The molecule has 0 unspecified atom stereocenters. The third kappa shape index (κ3) is 2.50. The first-order valence-electron chi connectivity index (χ1n) is 5.47. The van der Waals surface area contributed by atoms with Crippen LogP contribution in [-0.4, -0.2) is 25.3 Å². The molecule has 0 N–H and O–H groups in total. The van der Waals surface area contributed by atoms with Crippen molar-refractivity contribution in [3.8, 4) is 11.5 Å². The van der Waals surface area contributed by atoms with Crippen molar-refractivity contribution in [3.63, 3.8) is 0 Å². The van der Waals surface area contributed by atoms with Gasteiger partial charge in [0.25, 0.3) is 0 Å². The minimum Gasteiger partial charge on any atom is -0.454 e. The number of rotatable bonds is 4. The van der Waals surface area contributed by atoms with Crippen LogP contribution in [0.25, 0.3) is 0 Å². The summed E-state index contributed by atoms with van der Waals surface area (Å²) in [5.74, 6) is 1.68. The minimum absolute atomic E-state index is 0.329. The lowest BCUT2D eigenvalue weighted by Gasteiger charge is -2.16. The van der Waals surface area contributed by atoms with Crippen molar-refractivity contribution >= 4 is 15.9 Å². The number of nitrogens with zero attached hydrogens (tertiary/aromatic N) is 1. The lowest BCUT2D eigenvalue weighted by molar-refractivity contribution is 0.174. The van der Waals surface area contributed by atoms with Gasteiger partial charge in [0.05, 0.1) is 0 Å². The molecule has 1 heterocycles. The monoisotopic (exact) mass is 285 g/mol. The average molecular weight is 286 g/mol. The second-order valence-electron chi connectivity index (χ2n) is 4.03. The van der Waals surface area contributed by atoms with E-state index >= 15 is 0 Å². The number of benzene rings is 1. The van der Waals surface area contributed by atoms with E-state index in [9.17, 15) is 0 Å². The molecule has 0 saturated carbocycles. The van der Waals surface area contributed by atoms with E-state index in [4.69, 9.17) is 9.47 Å². The van der Waals surface area contributed by atoms with Gasteiger partial charge >= 0.3 is 0 Å². The lowest BCUT2D eigenvalue weighted by Crippen LogP contribution is -2.18. The van der Waals surface area contributed by atoms with Gasteiger partial charge in [-0.05, 0) is 37.7 Å². The Hall–Kier alpha value is -0.740. The summed E-state index contributed by atoms with van der Waals surface area (Å²) in [7, 11) is 2.13. The Kier molecular flexibility index (Phi) is 3.71. The summed E-state index contributed by atoms with van der Waals surface area (Å²) in [6.45, 7) is 4.53. The van der Waals surface area contributed by atoms with Crippen LogP contribution >= 0.6 is 15.9 Å². The molecule has 0 aromatic heterocycles. The van der Waals surface area contributed by atoms with Crippen LogP contribution in [0.4, 0.5) is 0 Å². The Labute approximate surface area is 104 Å². The van der Waals surface area contributed by atoms with Gasteiger partial charge in [-0.25, -0.2) is 0 Å². The smallest absolute Gasteiger partial charge is 0.231 e. The zero-order chi connectivity index (χ0) is 11.5. The Balaban J connectivity index is 2.15. The number of hydrogen-bond donors (Lipinski definition) is 0. The fourth-order valence-electron chi connectivity index (χ4n) is 1.83. The van der Waals surface area contributed by atoms with Crippen LogP contribution in [0.15, 0.2) is 16.6 Å². The van der Waals surface area contributed by atoms with E-state index in [0.29, 0.717) is 6.79 Å². The second-order valence-corrected chi connectivity index (χ2v) is 4.89. The first-order chi connectivity index (χ1) is 7.70. The third-order valence-electron chi connectivity index (χ3n) is 2.59. The first kappa shape index (κ1) is 11.7. The van der Waals surface area contributed by atoms with Crippen molar-refractivity contribution in [3.05, 3.63) is 22.2 Å². The van der Waals surface area contributed by atoms with Crippen LogP contribution in [0.3, 0.4) is 0 Å². The van der Waals surface area contributed by atoms with E-state index in [1.54, 1.807) is 0 Å². The van der Waals surface area contributed by atoms with E-state index in [1.165, 1.54) is 12.0 Å². The molecule has 0 radical (unpaired) electrons. The summed E-state index contributed by atoms with van der Waals surface area (Å²) < 4.78 is 11.8. The maximum Gasteiger partial charge on any atom is 0.231 e. The first-order valence-corrected chi connectivity index (χ1v) is 6.26. The molecule has 0 amide bonds. The largest absolute Gasteiger partial charge is 0.454 e. The van der Waals surface area contributed by atoms with Crippen molar-refractivity contribution in [2.24, 2.45) is 0 Å². The van der Waals surface area contributed by atoms with E-state index in [2.05, 4.69) is 40.9 Å². The van der Waals surface area contributed by atoms with E-state index in [0.717, 1.165) is 29.1 Å². The fraction of sp³-hybridized carbons (Fsp3) is 0.500. The molecule has 0 fully saturated rings. The van der Waals surface area contributed by atoms with Crippen LogP contribution in [0.1, 0.15) is 18.9 Å². The molecule has 3 nitrogen and oxygen atoms in total. The summed E-state index contributed by atoms with van der Waals surface area (Å²) in [5.41, 5.74) is 1.24. The normalized spacial score (nSPS) is 13.5. The van der Waals surface area contributed by atoms with Gasteiger partial charge in [-0.1, -0.05) is 22.9 Å². The SMILES string of the molecule is CCCN(C)Cc1cc2c(cc1Br)OCO2. The lowest BCUT2D eigenvalue weighted by atomic mass is 10.2. The molecule has 0 aliphatic carbocycles. The maximum absolute atomic E-state index is 5.37. The summed E-state index contributed by atoms with van der Waals surface area (Å²) >= 11 is 3.57. The molecule has 1 aromatic rings. The minimum atomic E-state index is 0.329. The Morgan fingerprint density at radius 2 is 2.00 bits per heavy atom. The number of fused-ring (bicyclic) bond motifs is 1. The molecule has 0 atom stereocenters. The molecule has 0 spiro atoms. The van der Waals surface area contributed by atoms with Gasteiger partial charge in [-0.15, -0.1) is 0 Å². The van der Waals surface area contributed by atoms with Gasteiger partial charge < -0.3 is 14.4 Å². The van der Waals surface area contributed by atoms with Gasteiger partial charge in [0, 0.05) is 11.0 Å². The molecule has 2 rings (SSSR count). The Morgan fingerprint density at radius 1 is 1.31 bits per heavy atom. The Bertz CT molecular complexity index is 382. The highest BCUT2D eigenvalue weighted by atomic mass is 79.9. The van der Waals surface area contributed by atoms with E-state index in [1.807, 2.05) is 6.07 Å². The van der Waals surface area contributed by atoms with Crippen LogP contribution in [0.2, 0.25) is 0 Å². The number of ether oxygens (including phenoxy) is 2. The standard InChI is InChI=1S/C12H16BrNO2/c1-3-4-14(2)7-9-5-11-12(6-10(9)13)16-8-15-11/h5-6H,3-4,7-8H2,1-2H3. The molecule has 0 bridgehead atoms. The van der Waals surface area contributed by atoms with Gasteiger partial charge in [0.1, 0.15) is 0 Å². The predicted molar refractivity (Wildman–Crippen MR) is 66.9 cm³/mol. The molecule has 1 aliphatic heterocycles. The summed E-state index contributed by atoms with van der Waals surface area (Å²) in [6, 6.07) is 4.04. The highest BCUT2D eigenvalue weighted by Crippen LogP contribution is 2.37. The van der Waals surface area contributed by atoms with Gasteiger partial charge in [-0.2, -0.15) is 0 Å². The van der Waals surface area contributed by atoms with Gasteiger partial charge in [0.2, 0.25) is 6.79 Å². The maximum atomic E-state index is 5.37. The van der Waals surface area contributed by atoms with Crippen molar-refractivity contribution in [2.75, 3.05) is 20.4 Å². The van der Waals surface area contributed by atoms with Crippen LogP contribution in [-0.2, 0) is 6.54 Å². The fourth-order valence-corrected chi connectivity index (χ4v) is 2.28. The highest BCUT2D eigenvalue weighted by molar-refractivity contribution is 9.10. The summed E-state index contributed by atoms with van der Waals surface area (Å²) in [5, 5.41) is 0. The molecule has 4 heteroatoms. The summed E-state index contributed by atoms with van der Waals surface area (Å²) in [6.07, 6.45) is 1.17. The number of halogens is 1. The van der Waals surface area contributed by atoms with Crippen molar-refractivity contribution in [1.82, 2.24) is 4.90 Å². The molecule has 16 heavy (non-hydrogen) atoms. The predicted octanol–water partition coefficient (Wildman–Crippen LogP) is 3.02. The van der Waals surface area contributed by atoms with Gasteiger partial charge in [0.15, 0.2) is 11.5 Å². The Morgan fingerprint density at radius 3 is 2.69 bits per heavy atom. The van der Waals surface area contributed by atoms with Crippen LogP contribution in [0.5, 0.6) is 11.5 Å². The third-order valence-corrected chi connectivity index (χ3v) is 3.33. The molecule has 1 aliphatic rings. The van der Waals surface area contributed by atoms with E-state index < -0.39 is 0 Å². The zero-order valence-electron chi connectivity index (χ0n) is 9.62. The molecule has 88 valence electrons. The molecular weight excluding hydrogens is 270 g/mol. The topological polar surface area (TPSA) is 21.7 Å². The summed E-state index contributed by atoms with van der Waals surface area (Å²) in [4.78, 5) is 2.29. The number of hydrogen-bond acceptors (Lipinski definition) is 3. The van der Waals surface area contributed by atoms with Crippen molar-refractivity contribution < 1.29 is 9.47 Å².